The largest absolute Gasteiger partial charge is 0.457 e. The van der Waals surface area contributed by atoms with Gasteiger partial charge in [-0.2, -0.15) is 0 Å². The van der Waals surface area contributed by atoms with Gasteiger partial charge >= 0.3 is 0 Å². The van der Waals surface area contributed by atoms with Crippen molar-refractivity contribution < 1.29 is 4.74 Å². The summed E-state index contributed by atoms with van der Waals surface area (Å²) < 4.78 is 5.63. The highest BCUT2D eigenvalue weighted by Gasteiger charge is 2.45. The number of nitrogen functional groups attached to an aromatic ring is 9. The monoisotopic (exact) mass is 1350 g/mol. The fourth-order valence-electron chi connectivity index (χ4n) is 12.1. The standard InChI is InChI=1S/C26H21N.C14H15N.C13H13NO.C13H13N.2C10H10N2.C7H9N/c1-18-10-12-19(13-11-18)26(20-14-16-21(27)17-15-20)24-8-4-2-6-22(24)23-7-3-5-9-25(23)26;1-11-2-4-12(5-3-11)10-13-6-8-14(15)9-7-13;1-10-2-6-12(7-3-10)15-13-8-4-11(14)5-9-13;1-10-2-4-11(5-3-10)12-6-8-13(14)9-7-12;11-8-5-1-3-7-4-2-6-9(12)10(7)8;11-9-5-6-10(12)8-4-2-1-3-7(8)9;1-6-2-4-7(8)5-3-6/h2-17H,27H2,1H3;2-9H,10,15H2,1H3;2-9H,14H2,1H3;2-9H,14H2,1H3;2*1-6H,11-12H2;2-5H,8H2,1H3. The zero-order valence-corrected chi connectivity index (χ0v) is 59.1. The van der Waals surface area contributed by atoms with E-state index in [1.54, 1.807) is 0 Å². The first-order valence-electron chi connectivity index (χ1n) is 34.2. The Morgan fingerprint density at radius 3 is 0.951 bits per heavy atom. The number of hydrogen-bond donors (Lipinski definition) is 9. The predicted octanol–water partition coefficient (Wildman–Crippen LogP) is 21.3. The van der Waals surface area contributed by atoms with Crippen LogP contribution in [-0.2, 0) is 11.8 Å². The van der Waals surface area contributed by atoms with Crippen molar-refractivity contribution in [3.8, 4) is 33.8 Å². The molecule has 16 rings (SSSR count). The number of anilines is 9. The van der Waals surface area contributed by atoms with Crippen LogP contribution in [0.4, 0.5) is 51.2 Å². The molecule has 0 radical (unpaired) electrons. The number of rotatable bonds is 7. The quantitative estimate of drug-likeness (QED) is 0.0684. The van der Waals surface area contributed by atoms with E-state index in [0.717, 1.165) is 90.7 Å². The van der Waals surface area contributed by atoms with E-state index in [1.807, 2.05) is 208 Å². The fraction of sp³-hybridized carbons (Fsp3) is 0.0753. The summed E-state index contributed by atoms with van der Waals surface area (Å²) in [5.74, 6) is 1.64. The second-order valence-corrected chi connectivity index (χ2v) is 25.7. The van der Waals surface area contributed by atoms with E-state index in [0.29, 0.717) is 0 Å². The van der Waals surface area contributed by atoms with E-state index in [2.05, 4.69) is 166 Å². The summed E-state index contributed by atoms with van der Waals surface area (Å²) in [6, 6.07) is 114. The molecule has 10 nitrogen and oxygen atoms in total. The van der Waals surface area contributed by atoms with Gasteiger partial charge in [0, 0.05) is 67.3 Å². The van der Waals surface area contributed by atoms with Crippen molar-refractivity contribution in [3.63, 3.8) is 0 Å². The number of fused-ring (bicyclic) bond motifs is 5. The molecule has 103 heavy (non-hydrogen) atoms. The molecule has 0 unspecified atom stereocenters. The Kier molecular flexibility index (Phi) is 24.3. The minimum Gasteiger partial charge on any atom is -0.457 e. The number of aryl methyl sites for hydroxylation is 5. The minimum atomic E-state index is -0.325. The van der Waals surface area contributed by atoms with Gasteiger partial charge in [-0.25, -0.2) is 0 Å². The normalized spacial score (nSPS) is 11.0. The zero-order chi connectivity index (χ0) is 72.8. The molecule has 0 fully saturated rings. The Morgan fingerprint density at radius 2 is 0.544 bits per heavy atom. The Morgan fingerprint density at radius 1 is 0.252 bits per heavy atom. The van der Waals surface area contributed by atoms with Gasteiger partial charge in [-0.1, -0.05) is 258 Å². The molecule has 15 aromatic rings. The maximum Gasteiger partial charge on any atom is 0.127 e. The van der Waals surface area contributed by atoms with Crippen molar-refractivity contribution in [2.45, 2.75) is 46.5 Å². The molecule has 1 aliphatic rings. The van der Waals surface area contributed by atoms with Gasteiger partial charge in [0.2, 0.25) is 0 Å². The molecule has 0 atom stereocenters. The average molecular weight is 1350 g/mol. The Bertz CT molecular complexity index is 4770. The summed E-state index contributed by atoms with van der Waals surface area (Å²) in [6.45, 7) is 10.4. The van der Waals surface area contributed by atoms with Crippen LogP contribution in [0.25, 0.3) is 43.8 Å². The molecule has 0 spiro atoms. The van der Waals surface area contributed by atoms with Crippen molar-refractivity contribution in [3.05, 3.63) is 401 Å². The summed E-state index contributed by atoms with van der Waals surface area (Å²) in [4.78, 5) is 0. The summed E-state index contributed by atoms with van der Waals surface area (Å²) in [6.07, 6.45) is 0.973. The van der Waals surface area contributed by atoms with Crippen molar-refractivity contribution in [1.82, 2.24) is 0 Å². The van der Waals surface area contributed by atoms with Crippen molar-refractivity contribution in [1.29, 1.82) is 0 Å². The third-order valence-corrected chi connectivity index (χ3v) is 17.8. The Balaban J connectivity index is 0.000000133. The lowest BCUT2D eigenvalue weighted by molar-refractivity contribution is 0.482. The van der Waals surface area contributed by atoms with Crippen LogP contribution >= 0.6 is 0 Å². The summed E-state index contributed by atoms with van der Waals surface area (Å²) in [5, 5.41) is 4.10. The summed E-state index contributed by atoms with van der Waals surface area (Å²) in [7, 11) is 0. The van der Waals surface area contributed by atoms with E-state index >= 15 is 0 Å². The van der Waals surface area contributed by atoms with Crippen molar-refractivity contribution in [2.24, 2.45) is 0 Å². The van der Waals surface area contributed by atoms with Gasteiger partial charge in [-0.05, 0) is 211 Å². The second-order valence-electron chi connectivity index (χ2n) is 25.7. The maximum atomic E-state index is 6.02. The molecule has 10 heteroatoms. The highest BCUT2D eigenvalue weighted by molar-refractivity contribution is 6.02. The summed E-state index contributed by atoms with van der Waals surface area (Å²) >= 11 is 0. The van der Waals surface area contributed by atoms with E-state index in [9.17, 15) is 0 Å². The summed E-state index contributed by atoms with van der Waals surface area (Å²) in [5.41, 5.74) is 77.3. The third-order valence-electron chi connectivity index (χ3n) is 17.8. The number of hydrogen-bond acceptors (Lipinski definition) is 10. The molecule has 0 saturated heterocycles. The fourth-order valence-corrected chi connectivity index (χ4v) is 12.1. The van der Waals surface area contributed by atoms with Gasteiger partial charge in [0.1, 0.15) is 11.5 Å². The van der Waals surface area contributed by atoms with Crippen LogP contribution in [0.5, 0.6) is 11.5 Å². The van der Waals surface area contributed by atoms with E-state index < -0.39 is 0 Å². The highest BCUT2D eigenvalue weighted by atomic mass is 16.5. The highest BCUT2D eigenvalue weighted by Crippen LogP contribution is 2.56. The van der Waals surface area contributed by atoms with Crippen LogP contribution in [0.1, 0.15) is 61.2 Å². The molecule has 18 N–H and O–H groups in total. The number of ether oxygens (including phenoxy) is 1. The number of nitrogens with two attached hydrogens (primary N) is 9. The molecule has 1 aliphatic carbocycles. The van der Waals surface area contributed by atoms with Gasteiger partial charge in [0.25, 0.3) is 0 Å². The van der Waals surface area contributed by atoms with Crippen LogP contribution in [-0.4, -0.2) is 0 Å². The zero-order valence-electron chi connectivity index (χ0n) is 59.1. The van der Waals surface area contributed by atoms with E-state index in [1.165, 1.54) is 83.5 Å². The number of benzene rings is 15. The first kappa shape index (κ1) is 72.6. The van der Waals surface area contributed by atoms with Crippen LogP contribution in [0, 0.1) is 34.6 Å². The third kappa shape index (κ3) is 19.2. The first-order chi connectivity index (χ1) is 49.8. The minimum absolute atomic E-state index is 0.325. The van der Waals surface area contributed by atoms with Gasteiger partial charge in [0.05, 0.1) is 5.41 Å². The molecule has 514 valence electrons. The van der Waals surface area contributed by atoms with Crippen LogP contribution in [0.15, 0.2) is 340 Å². The molecule has 0 aliphatic heterocycles. The second kappa shape index (κ2) is 34.5. The lowest BCUT2D eigenvalue weighted by Crippen LogP contribution is -2.28. The van der Waals surface area contributed by atoms with Crippen LogP contribution in [0.2, 0.25) is 0 Å². The van der Waals surface area contributed by atoms with Gasteiger partial charge in [-0.3, -0.25) is 0 Å². The smallest absolute Gasteiger partial charge is 0.127 e. The molecule has 15 aromatic carbocycles. The van der Waals surface area contributed by atoms with E-state index in [-0.39, 0.29) is 5.41 Å². The van der Waals surface area contributed by atoms with Gasteiger partial charge in [0.15, 0.2) is 0 Å². The van der Waals surface area contributed by atoms with Crippen molar-refractivity contribution in [2.75, 3.05) is 51.6 Å². The van der Waals surface area contributed by atoms with Crippen molar-refractivity contribution >= 4 is 72.7 Å². The molecule has 0 saturated carbocycles. The predicted molar refractivity (Wildman–Crippen MR) is 442 cm³/mol. The van der Waals surface area contributed by atoms with Gasteiger partial charge < -0.3 is 56.3 Å². The topological polar surface area (TPSA) is 243 Å². The SMILES string of the molecule is Cc1ccc(-c2ccc(N)cc2)cc1.Cc1ccc(C2(c3ccc(N)cc3)c3ccccc3-c3ccccc32)cc1.Cc1ccc(Cc2ccc(N)cc2)cc1.Cc1ccc(N)cc1.Cc1ccc(Oc2ccc(N)cc2)cc1.Nc1ccc(N)c2ccccc12.Nc1cccc2cccc(N)c12. The molecular formula is C93H91N9O. The Labute approximate surface area is 606 Å². The molecule has 0 bridgehead atoms. The molecule has 0 heterocycles. The van der Waals surface area contributed by atoms with Crippen LogP contribution in [0.3, 0.4) is 0 Å². The molecular weight excluding hydrogens is 1260 g/mol. The van der Waals surface area contributed by atoms with E-state index in [4.69, 9.17) is 56.3 Å². The molecule has 0 amide bonds. The maximum absolute atomic E-state index is 6.02. The van der Waals surface area contributed by atoms with Crippen LogP contribution < -0.4 is 56.3 Å². The first-order valence-corrected chi connectivity index (χ1v) is 34.2. The lowest BCUT2D eigenvalue weighted by atomic mass is 9.67. The average Bonchev–Trinajstić information content (AvgIpc) is 1.55. The van der Waals surface area contributed by atoms with Gasteiger partial charge in [-0.15, -0.1) is 0 Å². The molecule has 0 aromatic heterocycles. The Hall–Kier alpha value is -13.2. The lowest BCUT2D eigenvalue weighted by Gasteiger charge is -2.34.